The molecule has 3 aromatic rings. The van der Waals surface area contributed by atoms with Gasteiger partial charge in [0, 0.05) is 17.9 Å². The van der Waals surface area contributed by atoms with Crippen LogP contribution in [0.1, 0.15) is 15.9 Å². The normalized spacial score (nSPS) is 10.6. The predicted octanol–water partition coefficient (Wildman–Crippen LogP) is 3.24. The van der Waals surface area contributed by atoms with Gasteiger partial charge in [-0.2, -0.15) is 0 Å². The molecular formula is C19H16O5. The fraction of sp³-hybridized carbons (Fsp3) is 0.158. The molecule has 0 radical (unpaired) electrons. The van der Waals surface area contributed by atoms with E-state index in [9.17, 15) is 9.59 Å². The Labute approximate surface area is 138 Å². The minimum Gasteiger partial charge on any atom is -0.497 e. The van der Waals surface area contributed by atoms with Crippen LogP contribution in [0.5, 0.6) is 11.5 Å². The molecule has 24 heavy (non-hydrogen) atoms. The fourth-order valence-electron chi connectivity index (χ4n) is 2.44. The van der Waals surface area contributed by atoms with Gasteiger partial charge in [0.05, 0.1) is 14.2 Å². The van der Waals surface area contributed by atoms with Gasteiger partial charge in [0.25, 0.3) is 0 Å². The molecule has 0 spiro atoms. The van der Waals surface area contributed by atoms with Crippen molar-refractivity contribution in [2.24, 2.45) is 0 Å². The molecule has 2 aromatic carbocycles. The number of Topliss-reactive ketones (excluding diaryl/α,β-unsaturated/α-hetero) is 1. The Morgan fingerprint density at radius 2 is 1.62 bits per heavy atom. The van der Waals surface area contributed by atoms with Crippen molar-refractivity contribution in [1.29, 1.82) is 0 Å². The van der Waals surface area contributed by atoms with Crippen molar-refractivity contribution in [3.05, 3.63) is 70.1 Å². The quantitative estimate of drug-likeness (QED) is 0.532. The van der Waals surface area contributed by atoms with Gasteiger partial charge in [0.2, 0.25) is 0 Å². The van der Waals surface area contributed by atoms with E-state index in [2.05, 4.69) is 0 Å². The zero-order valence-electron chi connectivity index (χ0n) is 13.4. The zero-order valence-corrected chi connectivity index (χ0v) is 13.4. The molecule has 0 amide bonds. The molecule has 5 heteroatoms. The highest BCUT2D eigenvalue weighted by atomic mass is 16.5. The Balaban J connectivity index is 1.91. The summed E-state index contributed by atoms with van der Waals surface area (Å²) < 4.78 is 15.4. The minimum absolute atomic E-state index is 0.0449. The summed E-state index contributed by atoms with van der Waals surface area (Å²) in [5.41, 5.74) is 0.591. The van der Waals surface area contributed by atoms with Crippen LogP contribution in [0.2, 0.25) is 0 Å². The number of methoxy groups -OCH3 is 2. The summed E-state index contributed by atoms with van der Waals surface area (Å²) in [7, 11) is 3.11. The van der Waals surface area contributed by atoms with E-state index in [4.69, 9.17) is 13.9 Å². The highest BCUT2D eigenvalue weighted by Crippen LogP contribution is 2.21. The van der Waals surface area contributed by atoms with Crippen molar-refractivity contribution in [3.8, 4) is 11.5 Å². The van der Waals surface area contributed by atoms with Gasteiger partial charge in [-0.15, -0.1) is 0 Å². The Bertz CT molecular complexity index is 938. The molecule has 0 unspecified atom stereocenters. The van der Waals surface area contributed by atoms with Crippen LogP contribution < -0.4 is 15.1 Å². The second-order valence-corrected chi connectivity index (χ2v) is 5.30. The number of carbonyl (C=O) groups is 1. The monoisotopic (exact) mass is 324 g/mol. The molecule has 0 fully saturated rings. The summed E-state index contributed by atoms with van der Waals surface area (Å²) in [5.74, 6) is 1.01. The van der Waals surface area contributed by atoms with Crippen LogP contribution in [0.25, 0.3) is 11.0 Å². The second kappa shape index (κ2) is 6.58. The maximum atomic E-state index is 12.4. The SMILES string of the molecule is COc1ccc(CC(=O)c2cc3ccc(OC)cc3oc2=O)cc1. The molecule has 0 aliphatic heterocycles. The first kappa shape index (κ1) is 15.8. The van der Waals surface area contributed by atoms with Crippen LogP contribution in [0.3, 0.4) is 0 Å². The topological polar surface area (TPSA) is 65.7 Å². The second-order valence-electron chi connectivity index (χ2n) is 5.30. The molecule has 0 atom stereocenters. The summed E-state index contributed by atoms with van der Waals surface area (Å²) in [6, 6.07) is 13.8. The number of ether oxygens (including phenoxy) is 2. The lowest BCUT2D eigenvalue weighted by atomic mass is 10.0. The first-order valence-electron chi connectivity index (χ1n) is 7.39. The number of benzene rings is 2. The molecule has 0 aliphatic carbocycles. The number of hydrogen-bond acceptors (Lipinski definition) is 5. The lowest BCUT2D eigenvalue weighted by molar-refractivity contribution is 0.0989. The average Bonchev–Trinajstić information content (AvgIpc) is 2.61. The molecule has 0 saturated carbocycles. The molecule has 1 heterocycles. The van der Waals surface area contributed by atoms with Gasteiger partial charge < -0.3 is 13.9 Å². The van der Waals surface area contributed by atoms with E-state index >= 15 is 0 Å². The highest BCUT2D eigenvalue weighted by molar-refractivity contribution is 5.99. The standard InChI is InChI=1S/C19H16O5/c1-22-14-6-3-12(4-7-14)9-17(20)16-10-13-5-8-15(23-2)11-18(13)24-19(16)21/h3-8,10-11H,9H2,1-2H3. The Morgan fingerprint density at radius 1 is 0.958 bits per heavy atom. The lowest BCUT2D eigenvalue weighted by Crippen LogP contribution is -2.15. The average molecular weight is 324 g/mol. The molecular weight excluding hydrogens is 308 g/mol. The van der Waals surface area contributed by atoms with E-state index in [1.807, 2.05) is 0 Å². The molecule has 0 N–H and O–H groups in total. The summed E-state index contributed by atoms with van der Waals surface area (Å²) in [6.07, 6.45) is 0.121. The minimum atomic E-state index is -0.644. The Kier molecular flexibility index (Phi) is 4.33. The van der Waals surface area contributed by atoms with Crippen LogP contribution in [0.4, 0.5) is 0 Å². The molecule has 0 saturated heterocycles. The van der Waals surface area contributed by atoms with Gasteiger partial charge in [-0.25, -0.2) is 4.79 Å². The number of hydrogen-bond donors (Lipinski definition) is 0. The number of rotatable bonds is 5. The molecule has 5 nitrogen and oxygen atoms in total. The fourth-order valence-corrected chi connectivity index (χ4v) is 2.44. The number of carbonyl (C=O) groups excluding carboxylic acids is 1. The van der Waals surface area contributed by atoms with E-state index in [-0.39, 0.29) is 17.8 Å². The maximum absolute atomic E-state index is 12.4. The van der Waals surface area contributed by atoms with Crippen LogP contribution >= 0.6 is 0 Å². The van der Waals surface area contributed by atoms with Crippen molar-refractivity contribution in [3.63, 3.8) is 0 Å². The van der Waals surface area contributed by atoms with Crippen LogP contribution in [-0.4, -0.2) is 20.0 Å². The van der Waals surface area contributed by atoms with Crippen LogP contribution in [-0.2, 0) is 6.42 Å². The molecule has 122 valence electrons. The number of ketones is 1. The van der Waals surface area contributed by atoms with Gasteiger partial charge in [-0.3, -0.25) is 4.79 Å². The summed E-state index contributed by atoms with van der Waals surface area (Å²) >= 11 is 0. The van der Waals surface area contributed by atoms with Gasteiger partial charge in [0.15, 0.2) is 5.78 Å². The van der Waals surface area contributed by atoms with Crippen molar-refractivity contribution >= 4 is 16.8 Å². The van der Waals surface area contributed by atoms with Gasteiger partial charge in [-0.05, 0) is 35.9 Å². The molecule has 1 aromatic heterocycles. The van der Waals surface area contributed by atoms with E-state index < -0.39 is 5.63 Å². The largest absolute Gasteiger partial charge is 0.497 e. The predicted molar refractivity (Wildman–Crippen MR) is 90.1 cm³/mol. The van der Waals surface area contributed by atoms with Crippen molar-refractivity contribution in [2.45, 2.75) is 6.42 Å². The van der Waals surface area contributed by atoms with E-state index in [0.29, 0.717) is 22.5 Å². The Hall–Kier alpha value is -3.08. The maximum Gasteiger partial charge on any atom is 0.347 e. The summed E-state index contributed by atoms with van der Waals surface area (Å²) in [6.45, 7) is 0. The summed E-state index contributed by atoms with van der Waals surface area (Å²) in [4.78, 5) is 24.6. The molecule has 3 rings (SSSR count). The molecule has 0 bridgehead atoms. The molecule has 0 aliphatic rings. The van der Waals surface area contributed by atoms with Crippen molar-refractivity contribution < 1.29 is 18.7 Å². The first-order valence-corrected chi connectivity index (χ1v) is 7.39. The Morgan fingerprint density at radius 3 is 2.29 bits per heavy atom. The van der Waals surface area contributed by atoms with Crippen molar-refractivity contribution in [1.82, 2.24) is 0 Å². The van der Waals surface area contributed by atoms with Gasteiger partial charge in [-0.1, -0.05) is 12.1 Å². The summed E-state index contributed by atoms with van der Waals surface area (Å²) in [5, 5.41) is 0.675. The number of fused-ring (bicyclic) bond motifs is 1. The van der Waals surface area contributed by atoms with E-state index in [1.165, 1.54) is 7.11 Å². The van der Waals surface area contributed by atoms with Crippen LogP contribution in [0, 0.1) is 0 Å². The van der Waals surface area contributed by atoms with Gasteiger partial charge in [0.1, 0.15) is 22.6 Å². The van der Waals surface area contributed by atoms with E-state index in [1.54, 1.807) is 55.6 Å². The van der Waals surface area contributed by atoms with Crippen molar-refractivity contribution in [2.75, 3.05) is 14.2 Å². The third-order valence-corrected chi connectivity index (χ3v) is 3.77. The lowest BCUT2D eigenvalue weighted by Gasteiger charge is -2.05. The third-order valence-electron chi connectivity index (χ3n) is 3.77. The van der Waals surface area contributed by atoms with E-state index in [0.717, 1.165) is 5.56 Å². The smallest absolute Gasteiger partial charge is 0.347 e. The highest BCUT2D eigenvalue weighted by Gasteiger charge is 2.15. The third kappa shape index (κ3) is 3.15. The van der Waals surface area contributed by atoms with Crippen LogP contribution in [0.15, 0.2) is 57.7 Å². The van der Waals surface area contributed by atoms with Gasteiger partial charge >= 0.3 is 5.63 Å². The first-order chi connectivity index (χ1) is 11.6. The zero-order chi connectivity index (χ0) is 17.1.